The number of rotatable bonds is 2. The highest BCUT2D eigenvalue weighted by atomic mass is 19.1. The van der Waals surface area contributed by atoms with Gasteiger partial charge in [0.2, 0.25) is 0 Å². The standard InChI is InChI=1S/C13H14FNO2/c1-2-17-12(16)8-9-6-7-15-13-10(9)4-3-5-11(13)14/h3-5,8,15H,2,6-7H2,1H3. The van der Waals surface area contributed by atoms with Crippen molar-refractivity contribution in [2.24, 2.45) is 0 Å². The fourth-order valence-corrected chi connectivity index (χ4v) is 1.90. The van der Waals surface area contributed by atoms with Gasteiger partial charge in [-0.05, 0) is 25.0 Å². The fourth-order valence-electron chi connectivity index (χ4n) is 1.90. The van der Waals surface area contributed by atoms with Crippen molar-refractivity contribution in [3.63, 3.8) is 0 Å². The number of ether oxygens (including phenoxy) is 1. The van der Waals surface area contributed by atoms with Crippen LogP contribution in [-0.2, 0) is 9.53 Å². The van der Waals surface area contributed by atoms with E-state index in [0.29, 0.717) is 25.3 Å². The molecule has 0 radical (unpaired) electrons. The summed E-state index contributed by atoms with van der Waals surface area (Å²) >= 11 is 0. The number of nitrogens with one attached hydrogen (secondary N) is 1. The lowest BCUT2D eigenvalue weighted by atomic mass is 9.96. The van der Waals surface area contributed by atoms with Gasteiger partial charge in [-0.1, -0.05) is 12.1 Å². The zero-order valence-electron chi connectivity index (χ0n) is 9.63. The van der Waals surface area contributed by atoms with E-state index in [2.05, 4.69) is 5.32 Å². The molecule has 0 aliphatic carbocycles. The summed E-state index contributed by atoms with van der Waals surface area (Å²) in [6, 6.07) is 4.84. The summed E-state index contributed by atoms with van der Waals surface area (Å²) in [5, 5.41) is 3.00. The van der Waals surface area contributed by atoms with Crippen LogP contribution in [0.3, 0.4) is 0 Å². The van der Waals surface area contributed by atoms with E-state index in [-0.39, 0.29) is 11.8 Å². The van der Waals surface area contributed by atoms with Gasteiger partial charge in [0.15, 0.2) is 0 Å². The SMILES string of the molecule is CCOC(=O)C=C1CCNc2c(F)cccc21. The van der Waals surface area contributed by atoms with Crippen molar-refractivity contribution in [1.82, 2.24) is 0 Å². The Bertz CT molecular complexity index is 468. The number of benzene rings is 1. The first-order chi connectivity index (χ1) is 8.22. The maximum Gasteiger partial charge on any atom is 0.331 e. The van der Waals surface area contributed by atoms with E-state index in [0.717, 1.165) is 11.1 Å². The lowest BCUT2D eigenvalue weighted by Gasteiger charge is -2.21. The van der Waals surface area contributed by atoms with E-state index in [1.54, 1.807) is 19.1 Å². The Hall–Kier alpha value is -1.84. The second-order valence-corrected chi connectivity index (χ2v) is 3.76. The largest absolute Gasteiger partial charge is 0.463 e. The van der Waals surface area contributed by atoms with Gasteiger partial charge in [-0.15, -0.1) is 0 Å². The van der Waals surface area contributed by atoms with Crippen LogP contribution in [0.15, 0.2) is 24.3 Å². The molecular weight excluding hydrogens is 221 g/mol. The third-order valence-corrected chi connectivity index (χ3v) is 2.63. The number of esters is 1. The summed E-state index contributed by atoms with van der Waals surface area (Å²) in [6.07, 6.45) is 2.14. The van der Waals surface area contributed by atoms with Gasteiger partial charge >= 0.3 is 5.97 Å². The van der Waals surface area contributed by atoms with E-state index < -0.39 is 0 Å². The Morgan fingerprint density at radius 2 is 2.41 bits per heavy atom. The van der Waals surface area contributed by atoms with E-state index in [1.165, 1.54) is 12.1 Å². The summed E-state index contributed by atoms with van der Waals surface area (Å²) in [7, 11) is 0. The van der Waals surface area contributed by atoms with Crippen LogP contribution >= 0.6 is 0 Å². The molecule has 1 N–H and O–H groups in total. The molecule has 0 atom stereocenters. The molecule has 0 fully saturated rings. The number of para-hydroxylation sites is 1. The molecule has 1 heterocycles. The Kier molecular flexibility index (Phi) is 3.42. The van der Waals surface area contributed by atoms with Crippen LogP contribution in [0.25, 0.3) is 5.57 Å². The van der Waals surface area contributed by atoms with Crippen molar-refractivity contribution in [3.8, 4) is 0 Å². The van der Waals surface area contributed by atoms with Crippen LogP contribution < -0.4 is 5.32 Å². The number of halogens is 1. The fraction of sp³-hybridized carbons (Fsp3) is 0.308. The molecule has 0 saturated heterocycles. The summed E-state index contributed by atoms with van der Waals surface area (Å²) in [6.45, 7) is 2.72. The molecular formula is C13H14FNO2. The van der Waals surface area contributed by atoms with Crippen molar-refractivity contribution in [2.45, 2.75) is 13.3 Å². The maximum atomic E-state index is 13.5. The number of fused-ring (bicyclic) bond motifs is 1. The zero-order chi connectivity index (χ0) is 12.3. The second kappa shape index (κ2) is 4.99. The van der Waals surface area contributed by atoms with E-state index in [1.807, 2.05) is 0 Å². The third-order valence-electron chi connectivity index (χ3n) is 2.63. The summed E-state index contributed by atoms with van der Waals surface area (Å²) < 4.78 is 18.4. The van der Waals surface area contributed by atoms with Gasteiger partial charge in [-0.2, -0.15) is 0 Å². The molecule has 90 valence electrons. The molecule has 1 aromatic rings. The predicted octanol–water partition coefficient (Wildman–Crippen LogP) is 2.59. The van der Waals surface area contributed by atoms with Crippen molar-refractivity contribution < 1.29 is 13.9 Å². The van der Waals surface area contributed by atoms with Crippen LogP contribution in [-0.4, -0.2) is 19.1 Å². The zero-order valence-corrected chi connectivity index (χ0v) is 9.63. The number of hydrogen-bond donors (Lipinski definition) is 1. The lowest BCUT2D eigenvalue weighted by molar-refractivity contribution is -0.137. The Morgan fingerprint density at radius 3 is 3.18 bits per heavy atom. The minimum absolute atomic E-state index is 0.294. The first kappa shape index (κ1) is 11.6. The van der Waals surface area contributed by atoms with Gasteiger partial charge in [0.05, 0.1) is 12.3 Å². The van der Waals surface area contributed by atoms with Crippen LogP contribution in [0.2, 0.25) is 0 Å². The van der Waals surface area contributed by atoms with E-state index in [4.69, 9.17) is 4.74 Å². The molecule has 17 heavy (non-hydrogen) atoms. The molecule has 0 spiro atoms. The Balaban J connectivity index is 2.35. The quantitative estimate of drug-likeness (QED) is 0.632. The molecule has 1 aliphatic rings. The van der Waals surface area contributed by atoms with Crippen LogP contribution in [0.4, 0.5) is 10.1 Å². The summed E-state index contributed by atoms with van der Waals surface area (Å²) in [4.78, 5) is 11.4. The molecule has 0 bridgehead atoms. The number of carbonyl (C=O) groups is 1. The Labute approximate surface area is 99.3 Å². The Morgan fingerprint density at radius 1 is 1.59 bits per heavy atom. The highest BCUT2D eigenvalue weighted by Crippen LogP contribution is 2.32. The van der Waals surface area contributed by atoms with Gasteiger partial charge in [0, 0.05) is 18.2 Å². The van der Waals surface area contributed by atoms with Crippen LogP contribution in [0, 0.1) is 5.82 Å². The minimum Gasteiger partial charge on any atom is -0.463 e. The van der Waals surface area contributed by atoms with Gasteiger partial charge in [0.25, 0.3) is 0 Å². The van der Waals surface area contributed by atoms with E-state index in [9.17, 15) is 9.18 Å². The first-order valence-electron chi connectivity index (χ1n) is 5.62. The molecule has 0 saturated carbocycles. The predicted molar refractivity (Wildman–Crippen MR) is 64.1 cm³/mol. The minimum atomic E-state index is -0.375. The van der Waals surface area contributed by atoms with Crippen molar-refractivity contribution in [3.05, 3.63) is 35.7 Å². The van der Waals surface area contributed by atoms with Crippen molar-refractivity contribution in [2.75, 3.05) is 18.5 Å². The first-order valence-corrected chi connectivity index (χ1v) is 5.62. The summed E-state index contributed by atoms with van der Waals surface area (Å²) in [5.74, 6) is -0.670. The molecule has 0 amide bonds. The maximum absolute atomic E-state index is 13.5. The molecule has 1 aromatic carbocycles. The normalized spacial score (nSPS) is 16.2. The highest BCUT2D eigenvalue weighted by molar-refractivity contribution is 5.94. The third kappa shape index (κ3) is 2.46. The molecule has 4 heteroatoms. The summed E-state index contributed by atoms with van der Waals surface area (Å²) in [5.41, 5.74) is 2.02. The highest BCUT2D eigenvalue weighted by Gasteiger charge is 2.17. The molecule has 2 rings (SSSR count). The van der Waals surface area contributed by atoms with Crippen molar-refractivity contribution >= 4 is 17.2 Å². The van der Waals surface area contributed by atoms with E-state index >= 15 is 0 Å². The average Bonchev–Trinajstić information content (AvgIpc) is 2.31. The van der Waals surface area contributed by atoms with Crippen LogP contribution in [0.1, 0.15) is 18.9 Å². The van der Waals surface area contributed by atoms with Crippen LogP contribution in [0.5, 0.6) is 0 Å². The number of hydrogen-bond acceptors (Lipinski definition) is 3. The second-order valence-electron chi connectivity index (χ2n) is 3.76. The lowest BCUT2D eigenvalue weighted by Crippen LogP contribution is -2.14. The number of carbonyl (C=O) groups excluding carboxylic acids is 1. The van der Waals surface area contributed by atoms with Crippen molar-refractivity contribution in [1.29, 1.82) is 0 Å². The van der Waals surface area contributed by atoms with Gasteiger partial charge in [-0.3, -0.25) is 0 Å². The smallest absolute Gasteiger partial charge is 0.331 e. The monoisotopic (exact) mass is 235 g/mol. The topological polar surface area (TPSA) is 38.3 Å². The molecule has 0 unspecified atom stereocenters. The number of anilines is 1. The van der Waals surface area contributed by atoms with Gasteiger partial charge in [0.1, 0.15) is 5.82 Å². The molecule has 3 nitrogen and oxygen atoms in total. The average molecular weight is 235 g/mol. The molecule has 0 aromatic heterocycles. The van der Waals surface area contributed by atoms with Gasteiger partial charge < -0.3 is 10.1 Å². The van der Waals surface area contributed by atoms with Gasteiger partial charge in [-0.25, -0.2) is 9.18 Å². The molecule has 1 aliphatic heterocycles.